The van der Waals surface area contributed by atoms with Crippen LogP contribution in [0.15, 0.2) is 71.5 Å². The third-order valence-electron chi connectivity index (χ3n) is 2.81. The number of rotatable bonds is 4. The first kappa shape index (κ1) is 24.0. The largest absolute Gasteiger partial charge is 2.00 e. The van der Waals surface area contributed by atoms with E-state index in [1.807, 2.05) is 0 Å². The van der Waals surface area contributed by atoms with Gasteiger partial charge in [-0.3, -0.25) is 0 Å². The van der Waals surface area contributed by atoms with Crippen molar-refractivity contribution in [2.24, 2.45) is 0 Å². The minimum absolute atomic E-state index is 0. The first-order valence-electron chi connectivity index (χ1n) is 6.44. The topological polar surface area (TPSA) is 114 Å². The van der Waals surface area contributed by atoms with Crippen LogP contribution in [0.3, 0.4) is 0 Å². The van der Waals surface area contributed by atoms with E-state index in [4.69, 9.17) is 0 Å². The quantitative estimate of drug-likeness (QED) is 0.567. The van der Waals surface area contributed by atoms with Crippen LogP contribution in [0.2, 0.25) is 0 Å². The Kier molecular flexibility index (Phi) is 9.81. The molecule has 128 valence electrons. The fourth-order valence-electron chi connectivity index (χ4n) is 1.54. The maximum absolute atomic E-state index is 10.5. The van der Waals surface area contributed by atoms with Crippen molar-refractivity contribution < 1.29 is 25.9 Å². The second-order valence-electron chi connectivity index (χ2n) is 4.45. The van der Waals surface area contributed by atoms with Gasteiger partial charge in [0.2, 0.25) is 0 Å². The molecule has 0 atom stereocenters. The Morgan fingerprint density at radius 1 is 0.640 bits per heavy atom. The molecule has 0 fully saturated rings. The van der Waals surface area contributed by atoms with Gasteiger partial charge in [0.05, 0.1) is 9.79 Å². The zero-order chi connectivity index (χ0) is 18.4. The molecule has 9 heteroatoms. The number of benzene rings is 2. The summed E-state index contributed by atoms with van der Waals surface area (Å²) in [6.07, 6.45) is 3.14. The van der Waals surface area contributed by atoms with E-state index in [0.29, 0.717) is 0 Å². The summed E-state index contributed by atoms with van der Waals surface area (Å²) in [6.45, 7) is 6.99. The summed E-state index contributed by atoms with van der Waals surface area (Å²) in [7, 11) is -8.62. The summed E-state index contributed by atoms with van der Waals surface area (Å²) in [5.74, 6) is 0. The third-order valence-corrected chi connectivity index (χ3v) is 4.51. The smallest absolute Gasteiger partial charge is 0.744 e. The first-order chi connectivity index (χ1) is 11.1. The average molecular weight is 406 g/mol. The third kappa shape index (κ3) is 8.28. The fraction of sp³-hybridized carbons (Fsp3) is 0. The number of hydrogen-bond acceptors (Lipinski definition) is 6. The van der Waals surface area contributed by atoms with Gasteiger partial charge in [0, 0.05) is 0 Å². The van der Waals surface area contributed by atoms with Crippen LogP contribution in [0.1, 0.15) is 11.1 Å². The van der Waals surface area contributed by atoms with Gasteiger partial charge in [0.25, 0.3) is 0 Å². The molecule has 0 aliphatic carbocycles. The Hall–Kier alpha value is -1.00. The molecule has 0 N–H and O–H groups in total. The van der Waals surface area contributed by atoms with Gasteiger partial charge in [0.15, 0.2) is 0 Å². The van der Waals surface area contributed by atoms with Gasteiger partial charge < -0.3 is 9.11 Å². The van der Waals surface area contributed by atoms with Crippen molar-refractivity contribution in [1.29, 1.82) is 0 Å². The molecule has 0 aliphatic heterocycles. The fourth-order valence-corrected chi connectivity index (χ4v) is 2.48. The molecule has 2 aromatic rings. The first-order valence-corrected chi connectivity index (χ1v) is 9.26. The zero-order valence-electron chi connectivity index (χ0n) is 13.2. The minimum Gasteiger partial charge on any atom is -0.744 e. The maximum atomic E-state index is 10.5. The van der Waals surface area contributed by atoms with Crippen LogP contribution < -0.4 is 0 Å². The molecule has 0 unspecified atom stereocenters. The van der Waals surface area contributed by atoms with Gasteiger partial charge in [-0.1, -0.05) is 49.6 Å². The van der Waals surface area contributed by atoms with Gasteiger partial charge in [-0.15, -0.1) is 0 Å². The summed E-state index contributed by atoms with van der Waals surface area (Å²) >= 11 is 0. The molecule has 2 aromatic carbocycles. The van der Waals surface area contributed by atoms with Crippen LogP contribution in [0.4, 0.5) is 0 Å². The van der Waals surface area contributed by atoms with Crippen LogP contribution in [0.25, 0.3) is 12.2 Å². The van der Waals surface area contributed by atoms with E-state index in [1.165, 1.54) is 48.5 Å². The van der Waals surface area contributed by atoms with E-state index in [-0.39, 0.29) is 47.5 Å². The molecule has 0 heterocycles. The van der Waals surface area contributed by atoms with Gasteiger partial charge in [-0.25, -0.2) is 16.8 Å². The normalized spacial score (nSPS) is 10.6. The van der Waals surface area contributed by atoms with E-state index in [2.05, 4.69) is 13.2 Å². The number of hydrogen-bond donors (Lipinski definition) is 0. The molecule has 6 nitrogen and oxygen atoms in total. The summed E-state index contributed by atoms with van der Waals surface area (Å²) in [5.41, 5.74) is 1.56. The molecule has 0 aliphatic rings. The second-order valence-corrected chi connectivity index (χ2v) is 7.21. The predicted molar refractivity (Wildman–Crippen MR) is 94.7 cm³/mol. The van der Waals surface area contributed by atoms with Gasteiger partial charge in [-0.2, -0.15) is 0 Å². The molecule has 0 radical (unpaired) electrons. The summed E-state index contributed by atoms with van der Waals surface area (Å²) in [5, 5.41) is 0. The molecule has 0 bridgehead atoms. The van der Waals surface area contributed by atoms with Crippen LogP contribution in [-0.4, -0.2) is 63.7 Å². The molecule has 25 heavy (non-hydrogen) atoms. The van der Waals surface area contributed by atoms with Crippen LogP contribution in [0.5, 0.6) is 0 Å². The predicted octanol–water partition coefficient (Wildman–Crippen LogP) is 2.09. The summed E-state index contributed by atoms with van der Waals surface area (Å²) in [6, 6.07) is 11.2. The standard InChI is InChI=1S/2C8H8O3S.Ca/c2*1-2-7-3-5-8(6-4-7)12(9,10)11;/h2*2-6H,1H2,(H,9,10,11);/q;;+2/p-2. The SMILES string of the molecule is C=Cc1ccc(S(=O)(=O)[O-])cc1.C=Cc1ccc(S(=O)(=O)[O-])cc1.[Ca+2]. The molecule has 0 spiro atoms. The molecular formula is C16H14CaO6S2. The minimum atomic E-state index is -4.31. The summed E-state index contributed by atoms with van der Waals surface area (Å²) < 4.78 is 62.7. The Labute approximate surface area is 177 Å². The van der Waals surface area contributed by atoms with E-state index in [1.54, 1.807) is 12.2 Å². The van der Waals surface area contributed by atoms with Crippen molar-refractivity contribution >= 4 is 70.1 Å². The molecule has 0 aromatic heterocycles. The molecular weight excluding hydrogens is 392 g/mol. The van der Waals surface area contributed by atoms with Crippen molar-refractivity contribution in [3.05, 3.63) is 72.8 Å². The molecule has 0 amide bonds. The Bertz CT molecular complexity index is 836. The average Bonchev–Trinajstić information content (AvgIpc) is 2.54. The van der Waals surface area contributed by atoms with E-state index in [9.17, 15) is 25.9 Å². The van der Waals surface area contributed by atoms with E-state index in [0.717, 1.165) is 11.1 Å². The molecule has 0 saturated carbocycles. The summed E-state index contributed by atoms with van der Waals surface area (Å²) in [4.78, 5) is -0.429. The second kappa shape index (κ2) is 10.2. The van der Waals surface area contributed by atoms with Gasteiger partial charge in [-0.05, 0) is 35.4 Å². The maximum Gasteiger partial charge on any atom is 2.00 e. The van der Waals surface area contributed by atoms with Crippen molar-refractivity contribution in [2.75, 3.05) is 0 Å². The van der Waals surface area contributed by atoms with Crippen molar-refractivity contribution in [3.8, 4) is 0 Å². The Balaban J connectivity index is 0.000000443. The van der Waals surface area contributed by atoms with Gasteiger partial charge >= 0.3 is 37.7 Å². The van der Waals surface area contributed by atoms with Crippen LogP contribution in [0, 0.1) is 0 Å². The monoisotopic (exact) mass is 406 g/mol. The van der Waals surface area contributed by atoms with E-state index < -0.39 is 20.2 Å². The van der Waals surface area contributed by atoms with Crippen molar-refractivity contribution in [2.45, 2.75) is 9.79 Å². The Morgan fingerprint density at radius 3 is 1.04 bits per heavy atom. The van der Waals surface area contributed by atoms with Crippen molar-refractivity contribution in [3.63, 3.8) is 0 Å². The zero-order valence-corrected chi connectivity index (χ0v) is 17.0. The molecule has 2 rings (SSSR count). The van der Waals surface area contributed by atoms with Crippen molar-refractivity contribution in [1.82, 2.24) is 0 Å². The van der Waals surface area contributed by atoms with Gasteiger partial charge in [0.1, 0.15) is 20.2 Å². The Morgan fingerprint density at radius 2 is 0.880 bits per heavy atom. The molecule has 0 saturated heterocycles. The van der Waals surface area contributed by atoms with Crippen LogP contribution in [-0.2, 0) is 20.2 Å². The van der Waals surface area contributed by atoms with E-state index >= 15 is 0 Å². The van der Waals surface area contributed by atoms with Crippen LogP contribution >= 0.6 is 0 Å².